The first kappa shape index (κ1) is 5.49. The monoisotopic (exact) mass is 108 g/mol. The molecule has 0 aromatic carbocycles. The van der Waals surface area contributed by atoms with E-state index in [1.54, 1.807) is 11.9 Å². The quantitative estimate of drug-likeness (QED) is 0.345. The number of hydrogen-bond acceptors (Lipinski definition) is 3. The second kappa shape index (κ2) is 4.49. The van der Waals surface area contributed by atoms with E-state index in [-0.39, 0.29) is 9.84 Å². The molecular formula is CH8N2SSi. The minimum atomic E-state index is -0.373. The second-order valence-electron chi connectivity index (χ2n) is 0.553. The maximum Gasteiger partial charge on any atom is 0.175 e. The molecule has 0 spiro atoms. The molecule has 2 nitrogen and oxygen atoms in total. The molecule has 0 unspecified atom stereocenters. The molecule has 0 aliphatic rings. The molecule has 0 atom stereocenters. The molecule has 0 saturated carbocycles. The van der Waals surface area contributed by atoms with Gasteiger partial charge in [0.15, 0.2) is 9.84 Å². The topological polar surface area (TPSA) is 38.0 Å². The van der Waals surface area contributed by atoms with E-state index in [2.05, 4.69) is 4.39 Å². The van der Waals surface area contributed by atoms with Crippen LogP contribution >= 0.6 is 11.9 Å². The molecule has 0 amide bonds. The molecule has 0 fully saturated rings. The first-order valence-electron chi connectivity index (χ1n) is 1.37. The van der Waals surface area contributed by atoms with Crippen molar-refractivity contribution in [3.8, 4) is 0 Å². The largest absolute Gasteiger partial charge is 0.343 e. The molecule has 0 rings (SSSR count). The fourth-order valence-corrected chi connectivity index (χ4v) is 0.750. The van der Waals surface area contributed by atoms with Crippen LogP contribution < -0.4 is 9.79 Å². The first-order valence-corrected chi connectivity index (χ1v) is 4.12. The Morgan fingerprint density at radius 3 is 2.60 bits per heavy atom. The summed E-state index contributed by atoms with van der Waals surface area (Å²) in [6.45, 7) is 0. The van der Waals surface area contributed by atoms with Crippen molar-refractivity contribution >= 4 is 21.8 Å². The Bertz CT molecular complexity index is 17.1. The van der Waals surface area contributed by atoms with Crippen LogP contribution in [0.25, 0.3) is 0 Å². The van der Waals surface area contributed by atoms with Crippen molar-refractivity contribution in [3.63, 3.8) is 0 Å². The molecule has 0 aliphatic carbocycles. The van der Waals surface area contributed by atoms with Crippen molar-refractivity contribution in [1.29, 1.82) is 0 Å². The Morgan fingerprint density at radius 2 is 2.60 bits per heavy atom. The smallest absolute Gasteiger partial charge is 0.175 e. The maximum absolute atomic E-state index is 5.15. The van der Waals surface area contributed by atoms with Gasteiger partial charge < -0.3 is 5.40 Å². The summed E-state index contributed by atoms with van der Waals surface area (Å²) in [6.07, 6.45) is 1.97. The Labute approximate surface area is 38.6 Å². The van der Waals surface area contributed by atoms with E-state index >= 15 is 0 Å². The van der Waals surface area contributed by atoms with Crippen molar-refractivity contribution in [2.75, 3.05) is 6.26 Å². The van der Waals surface area contributed by atoms with Crippen LogP contribution in [-0.2, 0) is 0 Å². The molecule has 0 aliphatic heterocycles. The fourth-order valence-electron chi connectivity index (χ4n) is 0.0833. The van der Waals surface area contributed by atoms with Gasteiger partial charge in [0.2, 0.25) is 0 Å². The molecule has 0 bridgehead atoms. The molecule has 0 aromatic heterocycles. The summed E-state index contributed by atoms with van der Waals surface area (Å²) in [7, 11) is -0.373. The van der Waals surface area contributed by atoms with E-state index in [1.807, 2.05) is 6.26 Å². The van der Waals surface area contributed by atoms with E-state index in [1.165, 1.54) is 0 Å². The molecular weight excluding hydrogens is 100 g/mol. The van der Waals surface area contributed by atoms with E-state index < -0.39 is 0 Å². The minimum absolute atomic E-state index is 0.373. The van der Waals surface area contributed by atoms with Gasteiger partial charge in [0.25, 0.3) is 0 Å². The lowest BCUT2D eigenvalue weighted by atomic mass is 12.0. The first-order chi connectivity index (χ1) is 2.41. The van der Waals surface area contributed by atoms with Crippen molar-refractivity contribution in [3.05, 3.63) is 0 Å². The van der Waals surface area contributed by atoms with Crippen molar-refractivity contribution in [1.82, 2.24) is 4.39 Å². The van der Waals surface area contributed by atoms with Gasteiger partial charge in [-0.15, -0.1) is 0 Å². The average Bonchev–Trinajstić information content (AvgIpc) is 1.41. The van der Waals surface area contributed by atoms with Gasteiger partial charge in [-0.2, -0.15) is 0 Å². The summed E-state index contributed by atoms with van der Waals surface area (Å²) in [6, 6.07) is 0. The van der Waals surface area contributed by atoms with Gasteiger partial charge in [0, 0.05) is 0 Å². The molecule has 4 heteroatoms. The normalized spacial score (nSPS) is 10.8. The third kappa shape index (κ3) is 4.49. The lowest BCUT2D eigenvalue weighted by Crippen LogP contribution is -2.19. The number of nitrogens with two attached hydrogens (primary N) is 1. The zero-order valence-corrected chi connectivity index (χ0v) is 5.42. The van der Waals surface area contributed by atoms with E-state index in [4.69, 9.17) is 5.40 Å². The van der Waals surface area contributed by atoms with E-state index in [0.717, 1.165) is 0 Å². The Balaban J connectivity index is 2.19. The highest BCUT2D eigenvalue weighted by Gasteiger charge is 1.65. The van der Waals surface area contributed by atoms with Crippen molar-refractivity contribution in [2.45, 2.75) is 0 Å². The second-order valence-corrected chi connectivity index (χ2v) is 2.52. The standard InChI is InChI=1S/CH8N2SSi/c1-4-3-5-2/h3H,2,5H2,1H3. The molecule has 0 radical (unpaired) electrons. The summed E-state index contributed by atoms with van der Waals surface area (Å²) in [4.78, 5) is 0. The molecule has 0 saturated heterocycles. The molecule has 32 valence electrons. The van der Waals surface area contributed by atoms with Gasteiger partial charge in [-0.25, -0.2) is 0 Å². The van der Waals surface area contributed by atoms with Crippen LogP contribution in [0, 0.1) is 0 Å². The van der Waals surface area contributed by atoms with E-state index in [9.17, 15) is 0 Å². The zero-order chi connectivity index (χ0) is 4.12. The number of nitrogens with one attached hydrogen (secondary N) is 1. The Morgan fingerprint density at radius 1 is 2.00 bits per heavy atom. The van der Waals surface area contributed by atoms with Crippen molar-refractivity contribution in [2.24, 2.45) is 5.40 Å². The van der Waals surface area contributed by atoms with Gasteiger partial charge in [0.05, 0.1) is 0 Å². The van der Waals surface area contributed by atoms with Gasteiger partial charge in [0.1, 0.15) is 0 Å². The lowest BCUT2D eigenvalue weighted by molar-refractivity contribution is 1.60. The highest BCUT2D eigenvalue weighted by molar-refractivity contribution is 7.97. The van der Waals surface area contributed by atoms with E-state index in [0.29, 0.717) is 0 Å². The van der Waals surface area contributed by atoms with Gasteiger partial charge >= 0.3 is 0 Å². The predicted octanol–water partition coefficient (Wildman–Crippen LogP) is -1.19. The SMILES string of the molecule is CSN[SiH2]N. The average molecular weight is 108 g/mol. The highest BCUT2D eigenvalue weighted by atomic mass is 32.2. The molecule has 0 aromatic rings. The summed E-state index contributed by atoms with van der Waals surface area (Å²) in [5, 5.41) is 5.15. The Hall–Kier alpha value is 0.487. The summed E-state index contributed by atoms with van der Waals surface area (Å²) >= 11 is 1.59. The van der Waals surface area contributed by atoms with Gasteiger partial charge in [-0.3, -0.25) is 4.39 Å². The molecule has 5 heavy (non-hydrogen) atoms. The maximum atomic E-state index is 5.15. The third-order valence-electron chi connectivity index (χ3n) is 0.228. The van der Waals surface area contributed by atoms with Crippen LogP contribution in [0.4, 0.5) is 0 Å². The van der Waals surface area contributed by atoms with Gasteiger partial charge in [-0.05, 0) is 6.26 Å². The van der Waals surface area contributed by atoms with Crippen LogP contribution in [-0.4, -0.2) is 16.1 Å². The predicted molar refractivity (Wildman–Crippen MR) is 29.4 cm³/mol. The van der Waals surface area contributed by atoms with Crippen LogP contribution in [0.3, 0.4) is 0 Å². The van der Waals surface area contributed by atoms with Crippen LogP contribution in [0.5, 0.6) is 0 Å². The lowest BCUT2D eigenvalue weighted by Gasteiger charge is -1.84. The number of rotatable bonds is 2. The fraction of sp³-hybridized carbons (Fsp3) is 1.00. The molecule has 0 heterocycles. The minimum Gasteiger partial charge on any atom is -0.343 e. The summed E-state index contributed by atoms with van der Waals surface area (Å²) < 4.78 is 2.94. The number of hydrogen-bond donors (Lipinski definition) is 2. The summed E-state index contributed by atoms with van der Waals surface area (Å²) in [5.41, 5.74) is 0. The molecule has 3 N–H and O–H groups in total. The van der Waals surface area contributed by atoms with Crippen LogP contribution in [0.1, 0.15) is 0 Å². The summed E-state index contributed by atoms with van der Waals surface area (Å²) in [5.74, 6) is 0. The zero-order valence-electron chi connectivity index (χ0n) is 3.19. The van der Waals surface area contributed by atoms with Crippen LogP contribution in [0.2, 0.25) is 0 Å². The highest BCUT2D eigenvalue weighted by Crippen LogP contribution is 1.71. The third-order valence-corrected chi connectivity index (χ3v) is 2.05. The Kier molecular flexibility index (Phi) is 4.92. The van der Waals surface area contributed by atoms with Crippen LogP contribution in [0.15, 0.2) is 0 Å². The van der Waals surface area contributed by atoms with Gasteiger partial charge in [-0.1, -0.05) is 11.9 Å². The van der Waals surface area contributed by atoms with Crippen molar-refractivity contribution < 1.29 is 0 Å².